The molecule has 1 aromatic carbocycles. The molecule has 0 bridgehead atoms. The van der Waals surface area contributed by atoms with Crippen molar-refractivity contribution >= 4 is 63.1 Å². The molecular weight excluding hydrogens is 455 g/mol. The van der Waals surface area contributed by atoms with E-state index in [-0.39, 0.29) is 26.7 Å². The molecule has 0 aliphatic rings. The third-order valence-electron chi connectivity index (χ3n) is 3.89. The number of hydrogen-bond donors (Lipinski definition) is 2. The molecule has 2 heterocycles. The zero-order valence-electron chi connectivity index (χ0n) is 15.1. The van der Waals surface area contributed by atoms with Crippen molar-refractivity contribution in [3.8, 4) is 11.3 Å². The molecule has 10 heteroatoms. The van der Waals surface area contributed by atoms with Crippen LogP contribution in [0.1, 0.15) is 23.0 Å². The summed E-state index contributed by atoms with van der Waals surface area (Å²) in [4.78, 5) is 31.7. The molecule has 2 aromatic heterocycles. The fraction of sp³-hybridized carbons (Fsp3) is 0.158. The van der Waals surface area contributed by atoms with E-state index >= 15 is 0 Å². The Labute approximate surface area is 186 Å². The van der Waals surface area contributed by atoms with Crippen molar-refractivity contribution in [2.24, 2.45) is 0 Å². The van der Waals surface area contributed by atoms with Crippen molar-refractivity contribution in [2.45, 2.75) is 13.3 Å². The average molecular weight is 470 g/mol. The fourth-order valence-corrected chi connectivity index (χ4v) is 3.73. The van der Waals surface area contributed by atoms with E-state index in [1.807, 2.05) is 29.6 Å². The maximum atomic E-state index is 12.4. The van der Waals surface area contributed by atoms with E-state index in [1.165, 1.54) is 24.5 Å². The number of nitrogens with zero attached hydrogens (tertiary/aromatic N) is 2. The first-order valence-electron chi connectivity index (χ1n) is 8.45. The summed E-state index contributed by atoms with van der Waals surface area (Å²) in [5.41, 5.74) is 2.72. The zero-order valence-corrected chi connectivity index (χ0v) is 18.2. The van der Waals surface area contributed by atoms with Gasteiger partial charge in [0.05, 0.1) is 20.8 Å². The largest absolute Gasteiger partial charge is 0.356 e. The van der Waals surface area contributed by atoms with Crippen LogP contribution in [0.4, 0.5) is 5.13 Å². The Hall–Kier alpha value is -2.19. The zero-order chi connectivity index (χ0) is 21.0. The molecule has 0 atom stereocenters. The molecule has 0 saturated heterocycles. The van der Waals surface area contributed by atoms with E-state index in [0.717, 1.165) is 23.2 Å². The molecule has 3 aromatic rings. The number of pyridine rings is 1. The number of benzene rings is 1. The maximum absolute atomic E-state index is 12.4. The van der Waals surface area contributed by atoms with Gasteiger partial charge in [0.25, 0.3) is 5.91 Å². The van der Waals surface area contributed by atoms with Crippen molar-refractivity contribution in [3.63, 3.8) is 0 Å². The summed E-state index contributed by atoms with van der Waals surface area (Å²) < 4.78 is 0. The Morgan fingerprint density at radius 1 is 1.10 bits per heavy atom. The number of halogens is 3. The van der Waals surface area contributed by atoms with Gasteiger partial charge in [0.15, 0.2) is 5.13 Å². The van der Waals surface area contributed by atoms with Gasteiger partial charge in [-0.25, -0.2) is 9.97 Å². The summed E-state index contributed by atoms with van der Waals surface area (Å²) in [5, 5.41) is 7.91. The van der Waals surface area contributed by atoms with Crippen LogP contribution in [0.3, 0.4) is 0 Å². The number of thiazole rings is 1. The summed E-state index contributed by atoms with van der Waals surface area (Å²) in [5.74, 6) is -0.571. The van der Waals surface area contributed by atoms with Crippen LogP contribution in [-0.4, -0.2) is 28.3 Å². The van der Waals surface area contributed by atoms with Crippen LogP contribution in [0.5, 0.6) is 0 Å². The lowest BCUT2D eigenvalue weighted by Crippen LogP contribution is -2.22. The van der Waals surface area contributed by atoms with Gasteiger partial charge < -0.3 is 5.32 Å². The van der Waals surface area contributed by atoms with Crippen LogP contribution in [0.2, 0.25) is 15.1 Å². The van der Waals surface area contributed by atoms with Gasteiger partial charge in [-0.3, -0.25) is 14.9 Å². The number of amides is 2. The molecule has 0 spiro atoms. The second-order valence-corrected chi connectivity index (χ2v) is 8.03. The van der Waals surface area contributed by atoms with Gasteiger partial charge in [0, 0.05) is 30.6 Å². The van der Waals surface area contributed by atoms with Gasteiger partial charge in [-0.1, -0.05) is 59.1 Å². The van der Waals surface area contributed by atoms with Gasteiger partial charge in [-0.05, 0) is 12.0 Å². The summed E-state index contributed by atoms with van der Waals surface area (Å²) >= 11 is 19.1. The van der Waals surface area contributed by atoms with Crippen LogP contribution in [0.15, 0.2) is 35.8 Å². The van der Waals surface area contributed by atoms with Crippen molar-refractivity contribution in [1.82, 2.24) is 15.3 Å². The second kappa shape index (κ2) is 9.54. The normalized spacial score (nSPS) is 10.6. The topological polar surface area (TPSA) is 84.0 Å². The first-order chi connectivity index (χ1) is 13.8. The number of anilines is 1. The van der Waals surface area contributed by atoms with Gasteiger partial charge >= 0.3 is 0 Å². The Morgan fingerprint density at radius 2 is 1.83 bits per heavy atom. The molecular formula is C19H15Cl3N4O2S. The average Bonchev–Trinajstić information content (AvgIpc) is 3.15. The van der Waals surface area contributed by atoms with Gasteiger partial charge in [-0.2, -0.15) is 0 Å². The number of hydrogen-bond acceptors (Lipinski definition) is 5. The highest BCUT2D eigenvalue weighted by atomic mass is 35.5. The molecule has 0 aliphatic heterocycles. The lowest BCUT2D eigenvalue weighted by Gasteiger charge is -2.05. The highest BCUT2D eigenvalue weighted by molar-refractivity contribution is 7.14. The minimum Gasteiger partial charge on any atom is -0.356 e. The third kappa shape index (κ3) is 5.45. The molecule has 6 nitrogen and oxygen atoms in total. The fourth-order valence-electron chi connectivity index (χ4n) is 2.45. The van der Waals surface area contributed by atoms with Crippen LogP contribution < -0.4 is 10.6 Å². The van der Waals surface area contributed by atoms with E-state index in [1.54, 1.807) is 0 Å². The predicted molar refractivity (Wildman–Crippen MR) is 117 cm³/mol. The number of carbonyl (C=O) groups is 2. The van der Waals surface area contributed by atoms with Crippen molar-refractivity contribution in [3.05, 3.63) is 62.2 Å². The Bertz CT molecular complexity index is 1050. The van der Waals surface area contributed by atoms with E-state index < -0.39 is 5.91 Å². The van der Waals surface area contributed by atoms with Crippen molar-refractivity contribution in [2.75, 3.05) is 11.9 Å². The van der Waals surface area contributed by atoms with Gasteiger partial charge in [-0.15, -0.1) is 11.3 Å². The standard InChI is InChI=1S/C19H15Cl3N4O2S/c1-10(27)23-7-6-11-2-4-12(5-3-11)14-9-29-19(25-14)26-18(28)17-16(22)15(21)13(20)8-24-17/h2-5,8-9H,6-7H2,1H3,(H,23,27)(H,25,26,28). The smallest absolute Gasteiger partial charge is 0.277 e. The molecule has 2 amide bonds. The van der Waals surface area contributed by atoms with Crippen molar-refractivity contribution in [1.29, 1.82) is 0 Å². The summed E-state index contributed by atoms with van der Waals surface area (Å²) in [7, 11) is 0. The molecule has 0 radical (unpaired) electrons. The first kappa shape index (κ1) is 21.5. The highest BCUT2D eigenvalue weighted by Gasteiger charge is 2.18. The SMILES string of the molecule is CC(=O)NCCc1ccc(-c2csc(NC(=O)c3ncc(Cl)c(Cl)c3Cl)n2)cc1. The van der Waals surface area contributed by atoms with Crippen LogP contribution in [-0.2, 0) is 11.2 Å². The van der Waals surface area contributed by atoms with Crippen molar-refractivity contribution < 1.29 is 9.59 Å². The number of carbonyl (C=O) groups excluding carboxylic acids is 2. The third-order valence-corrected chi connectivity index (χ3v) is 5.89. The highest BCUT2D eigenvalue weighted by Crippen LogP contribution is 2.32. The van der Waals surface area contributed by atoms with E-state index in [2.05, 4.69) is 20.6 Å². The number of nitrogens with one attached hydrogen (secondary N) is 2. The summed E-state index contributed by atoms with van der Waals surface area (Å²) in [6, 6.07) is 7.85. The molecule has 150 valence electrons. The van der Waals surface area contributed by atoms with Crippen LogP contribution in [0.25, 0.3) is 11.3 Å². The molecule has 2 N–H and O–H groups in total. The predicted octanol–water partition coefficient (Wildman–Crippen LogP) is 5.10. The first-order valence-corrected chi connectivity index (χ1v) is 10.5. The lowest BCUT2D eigenvalue weighted by molar-refractivity contribution is -0.118. The molecule has 3 rings (SSSR count). The number of rotatable bonds is 6. The maximum Gasteiger partial charge on any atom is 0.277 e. The van der Waals surface area contributed by atoms with Gasteiger partial charge in [0.1, 0.15) is 5.69 Å². The van der Waals surface area contributed by atoms with Crippen LogP contribution >= 0.6 is 46.1 Å². The summed E-state index contributed by atoms with van der Waals surface area (Å²) in [6.45, 7) is 2.08. The monoisotopic (exact) mass is 468 g/mol. The Morgan fingerprint density at radius 3 is 2.52 bits per heavy atom. The molecule has 0 fully saturated rings. The molecule has 0 aliphatic carbocycles. The van der Waals surface area contributed by atoms with Crippen LogP contribution in [0, 0.1) is 0 Å². The Balaban J connectivity index is 1.67. The molecule has 29 heavy (non-hydrogen) atoms. The number of aromatic nitrogens is 2. The van der Waals surface area contributed by atoms with E-state index in [0.29, 0.717) is 11.7 Å². The summed E-state index contributed by atoms with van der Waals surface area (Å²) in [6.07, 6.45) is 2.01. The molecule has 0 saturated carbocycles. The second-order valence-electron chi connectivity index (χ2n) is 6.00. The quantitative estimate of drug-likeness (QED) is 0.526. The minimum atomic E-state index is -0.525. The van der Waals surface area contributed by atoms with E-state index in [9.17, 15) is 9.59 Å². The van der Waals surface area contributed by atoms with E-state index in [4.69, 9.17) is 34.8 Å². The molecule has 0 unspecified atom stereocenters. The lowest BCUT2D eigenvalue weighted by atomic mass is 10.1. The Kier molecular flexibility index (Phi) is 7.08. The van der Waals surface area contributed by atoms with Gasteiger partial charge in [0.2, 0.25) is 5.91 Å². The minimum absolute atomic E-state index is 0.0108.